The molecule has 0 saturated carbocycles. The smallest absolute Gasteiger partial charge is 0.246 e. The first-order valence-electron chi connectivity index (χ1n) is 6.68. The first-order valence-corrected chi connectivity index (χ1v) is 9.71. The van der Waals surface area contributed by atoms with Crippen LogP contribution in [0.4, 0.5) is 0 Å². The predicted octanol–water partition coefficient (Wildman–Crippen LogP) is 2.03. The minimum absolute atomic E-state index is 0.00458. The van der Waals surface area contributed by atoms with E-state index in [1.807, 2.05) is 18.7 Å². The van der Waals surface area contributed by atoms with Crippen molar-refractivity contribution in [2.45, 2.75) is 43.0 Å². The van der Waals surface area contributed by atoms with Crippen LogP contribution < -0.4 is 0 Å². The van der Waals surface area contributed by atoms with Crippen molar-refractivity contribution in [3.05, 3.63) is 12.4 Å². The molecule has 1 saturated heterocycles. The lowest BCUT2D eigenvalue weighted by Gasteiger charge is -2.36. The van der Waals surface area contributed by atoms with E-state index in [-0.39, 0.29) is 10.9 Å². The topological polar surface area (TPSA) is 55.2 Å². The summed E-state index contributed by atoms with van der Waals surface area (Å²) >= 11 is 7.45. The van der Waals surface area contributed by atoms with Crippen LogP contribution in [-0.4, -0.2) is 52.0 Å². The first kappa shape index (κ1) is 16.1. The SMILES string of the molecule is CC1SCCN(S(=O)(=O)c2cnn(CCCCl)c2)C1C. The summed E-state index contributed by atoms with van der Waals surface area (Å²) in [5.74, 6) is 1.38. The molecule has 20 heavy (non-hydrogen) atoms. The number of thioether (sulfide) groups is 1. The van der Waals surface area contributed by atoms with E-state index in [4.69, 9.17) is 11.6 Å². The number of aryl methyl sites for hydroxylation is 1. The largest absolute Gasteiger partial charge is 0.271 e. The van der Waals surface area contributed by atoms with Gasteiger partial charge in [0.25, 0.3) is 0 Å². The van der Waals surface area contributed by atoms with Gasteiger partial charge in [0, 0.05) is 42.2 Å². The molecule has 0 spiro atoms. The Bertz CT molecular complexity index is 547. The molecule has 2 atom stereocenters. The van der Waals surface area contributed by atoms with Crippen molar-refractivity contribution in [1.29, 1.82) is 0 Å². The van der Waals surface area contributed by atoms with Crippen LogP contribution in [0.25, 0.3) is 0 Å². The van der Waals surface area contributed by atoms with Gasteiger partial charge in [-0.05, 0) is 13.3 Å². The van der Waals surface area contributed by atoms with Gasteiger partial charge in [-0.3, -0.25) is 4.68 Å². The number of nitrogens with zero attached hydrogens (tertiary/aromatic N) is 3. The average molecular weight is 338 g/mol. The Hall–Kier alpha value is -0.240. The van der Waals surface area contributed by atoms with Crippen molar-refractivity contribution in [2.24, 2.45) is 0 Å². The van der Waals surface area contributed by atoms with E-state index in [1.54, 1.807) is 15.2 Å². The summed E-state index contributed by atoms with van der Waals surface area (Å²) in [6.45, 7) is 5.24. The van der Waals surface area contributed by atoms with E-state index in [0.29, 0.717) is 24.2 Å². The van der Waals surface area contributed by atoms with E-state index in [2.05, 4.69) is 12.0 Å². The normalized spacial score (nSPS) is 24.9. The Morgan fingerprint density at radius 2 is 2.25 bits per heavy atom. The molecule has 0 N–H and O–H groups in total. The van der Waals surface area contributed by atoms with Crippen molar-refractivity contribution >= 4 is 33.4 Å². The maximum Gasteiger partial charge on any atom is 0.246 e. The standard InChI is InChI=1S/C12H20ClN3O2S2/c1-10-11(2)19-7-6-16(10)20(17,18)12-8-14-15(9-12)5-3-4-13/h8-11H,3-7H2,1-2H3. The highest BCUT2D eigenvalue weighted by molar-refractivity contribution is 8.00. The maximum atomic E-state index is 12.7. The summed E-state index contributed by atoms with van der Waals surface area (Å²) in [4.78, 5) is 0.276. The van der Waals surface area contributed by atoms with Crippen LogP contribution in [0, 0.1) is 0 Å². The summed E-state index contributed by atoms with van der Waals surface area (Å²) in [5.41, 5.74) is 0. The molecule has 0 aromatic carbocycles. The molecule has 1 aliphatic heterocycles. The second-order valence-electron chi connectivity index (χ2n) is 4.91. The zero-order chi connectivity index (χ0) is 14.8. The number of hydrogen-bond donors (Lipinski definition) is 0. The molecule has 1 aliphatic rings. The molecular formula is C12H20ClN3O2S2. The number of alkyl halides is 1. The van der Waals surface area contributed by atoms with E-state index >= 15 is 0 Å². The number of halogens is 1. The lowest BCUT2D eigenvalue weighted by atomic mass is 10.2. The number of aromatic nitrogens is 2. The monoisotopic (exact) mass is 337 g/mol. The summed E-state index contributed by atoms with van der Waals surface area (Å²) in [6, 6.07) is 0.00458. The Kier molecular flexibility index (Phi) is 5.39. The van der Waals surface area contributed by atoms with E-state index in [9.17, 15) is 8.42 Å². The minimum atomic E-state index is -3.44. The van der Waals surface area contributed by atoms with E-state index in [1.165, 1.54) is 6.20 Å². The van der Waals surface area contributed by atoms with Gasteiger partial charge >= 0.3 is 0 Å². The van der Waals surface area contributed by atoms with Crippen molar-refractivity contribution in [3.63, 3.8) is 0 Å². The van der Waals surface area contributed by atoms with Gasteiger partial charge in [0.15, 0.2) is 0 Å². The summed E-state index contributed by atoms with van der Waals surface area (Å²) in [6.07, 6.45) is 3.81. The zero-order valence-corrected chi connectivity index (χ0v) is 14.1. The van der Waals surface area contributed by atoms with Crippen LogP contribution >= 0.6 is 23.4 Å². The molecule has 0 amide bonds. The number of hydrogen-bond acceptors (Lipinski definition) is 4. The third-order valence-corrected chi connectivity index (χ3v) is 7.11. The molecule has 2 heterocycles. The zero-order valence-electron chi connectivity index (χ0n) is 11.7. The molecule has 2 unspecified atom stereocenters. The molecule has 5 nitrogen and oxygen atoms in total. The lowest BCUT2D eigenvalue weighted by Crippen LogP contribution is -2.47. The average Bonchev–Trinajstić information content (AvgIpc) is 2.89. The summed E-state index contributed by atoms with van der Waals surface area (Å²) in [7, 11) is -3.44. The van der Waals surface area contributed by atoms with E-state index < -0.39 is 10.0 Å². The van der Waals surface area contributed by atoms with Crippen LogP contribution in [0.3, 0.4) is 0 Å². The van der Waals surface area contributed by atoms with Crippen LogP contribution in [0.2, 0.25) is 0 Å². The molecule has 1 aromatic rings. The summed E-state index contributed by atoms with van der Waals surface area (Å²) in [5, 5.41) is 4.42. The van der Waals surface area contributed by atoms with Crippen molar-refractivity contribution in [3.8, 4) is 0 Å². The fourth-order valence-electron chi connectivity index (χ4n) is 2.20. The highest BCUT2D eigenvalue weighted by atomic mass is 35.5. The van der Waals surface area contributed by atoms with E-state index in [0.717, 1.165) is 12.2 Å². The fraction of sp³-hybridized carbons (Fsp3) is 0.750. The molecule has 1 fully saturated rings. The third-order valence-electron chi connectivity index (χ3n) is 3.56. The molecule has 0 bridgehead atoms. The molecule has 8 heteroatoms. The molecular weight excluding hydrogens is 318 g/mol. The second kappa shape index (κ2) is 6.68. The fourth-order valence-corrected chi connectivity index (χ4v) is 5.27. The highest BCUT2D eigenvalue weighted by Crippen LogP contribution is 2.29. The number of sulfonamides is 1. The van der Waals surface area contributed by atoms with Crippen LogP contribution in [0.1, 0.15) is 20.3 Å². The Balaban J connectivity index is 2.19. The molecule has 0 radical (unpaired) electrons. The second-order valence-corrected chi connectivity index (χ2v) is 8.67. The Morgan fingerprint density at radius 1 is 1.50 bits per heavy atom. The van der Waals surface area contributed by atoms with Crippen LogP contribution in [0.5, 0.6) is 0 Å². The van der Waals surface area contributed by atoms with Gasteiger partial charge in [0.2, 0.25) is 10.0 Å². The quantitative estimate of drug-likeness (QED) is 0.771. The van der Waals surface area contributed by atoms with Crippen LogP contribution in [0.15, 0.2) is 17.3 Å². The van der Waals surface area contributed by atoms with Gasteiger partial charge in [0.05, 0.1) is 6.20 Å². The predicted molar refractivity (Wildman–Crippen MR) is 82.8 cm³/mol. The van der Waals surface area contributed by atoms with Gasteiger partial charge in [-0.2, -0.15) is 21.2 Å². The molecule has 1 aromatic heterocycles. The van der Waals surface area contributed by atoms with Gasteiger partial charge in [0.1, 0.15) is 4.90 Å². The van der Waals surface area contributed by atoms with Crippen LogP contribution in [-0.2, 0) is 16.6 Å². The minimum Gasteiger partial charge on any atom is -0.271 e. The summed E-state index contributed by atoms with van der Waals surface area (Å²) < 4.78 is 28.6. The lowest BCUT2D eigenvalue weighted by molar-refractivity contribution is 0.340. The maximum absolute atomic E-state index is 12.7. The molecule has 114 valence electrons. The Morgan fingerprint density at radius 3 is 2.95 bits per heavy atom. The van der Waals surface area contributed by atoms with Gasteiger partial charge in [-0.25, -0.2) is 8.42 Å². The molecule has 2 rings (SSSR count). The van der Waals surface area contributed by atoms with Crippen molar-refractivity contribution < 1.29 is 8.42 Å². The highest BCUT2D eigenvalue weighted by Gasteiger charge is 2.35. The number of rotatable bonds is 5. The third kappa shape index (κ3) is 3.32. The van der Waals surface area contributed by atoms with Gasteiger partial charge in [-0.15, -0.1) is 11.6 Å². The Labute approximate surface area is 129 Å². The molecule has 0 aliphatic carbocycles. The van der Waals surface area contributed by atoms with Crippen molar-refractivity contribution in [1.82, 2.24) is 14.1 Å². The van der Waals surface area contributed by atoms with Gasteiger partial charge < -0.3 is 0 Å². The van der Waals surface area contributed by atoms with Gasteiger partial charge in [-0.1, -0.05) is 6.92 Å². The first-order chi connectivity index (χ1) is 9.46. The van der Waals surface area contributed by atoms with Crippen molar-refractivity contribution in [2.75, 3.05) is 18.2 Å².